The monoisotopic (exact) mass is 531 g/mol. The Morgan fingerprint density at radius 3 is 2.16 bits per heavy atom. The summed E-state index contributed by atoms with van der Waals surface area (Å²) in [5, 5.41) is 4.15. The summed E-state index contributed by atoms with van der Waals surface area (Å²) in [5.41, 5.74) is 2.34. The second kappa shape index (κ2) is 10.6. The summed E-state index contributed by atoms with van der Waals surface area (Å²) >= 11 is 0. The van der Waals surface area contributed by atoms with Crippen molar-refractivity contribution in [3.63, 3.8) is 0 Å². The lowest BCUT2D eigenvalue weighted by Crippen LogP contribution is -2.25. The van der Waals surface area contributed by atoms with Crippen molar-refractivity contribution in [1.82, 2.24) is 14.7 Å². The van der Waals surface area contributed by atoms with Gasteiger partial charge in [-0.15, -0.1) is 13.2 Å². The van der Waals surface area contributed by atoms with Crippen LogP contribution in [0.25, 0.3) is 10.9 Å². The maximum Gasteiger partial charge on any atom is 0.573 e. The first kappa shape index (κ1) is 26.2. The van der Waals surface area contributed by atoms with E-state index < -0.39 is 27.0 Å². The zero-order chi connectivity index (χ0) is 26.6. The van der Waals surface area contributed by atoms with Crippen LogP contribution in [0.4, 0.5) is 24.9 Å². The van der Waals surface area contributed by atoms with Crippen LogP contribution in [0.15, 0.2) is 77.7 Å². The summed E-state index contributed by atoms with van der Waals surface area (Å²) in [6, 6.07) is 19.4. The standard InChI is InChI=1S/C25H24F3N5O3S/c1-33(2)23-19-7-3-4-8-20(19)31-24(32-23)29-15-17-11-13-18(14-12-17)16-30-37(34,35)22-10-6-5-9-21(22)36-25(26,27)28/h3-14,30H,15-16H2,1-2H3,(H,29,31,32). The molecule has 0 amide bonds. The van der Waals surface area contributed by atoms with Gasteiger partial charge in [0.25, 0.3) is 0 Å². The number of halogens is 3. The summed E-state index contributed by atoms with van der Waals surface area (Å²) in [4.78, 5) is 10.5. The average molecular weight is 532 g/mol. The SMILES string of the molecule is CN(C)c1nc(NCc2ccc(CNS(=O)(=O)c3ccccc3OC(F)(F)F)cc2)nc2ccccc12. The zero-order valence-corrected chi connectivity index (χ0v) is 20.8. The number of alkyl halides is 3. The van der Waals surface area contributed by atoms with Crippen LogP contribution in [0.2, 0.25) is 0 Å². The number of aromatic nitrogens is 2. The molecule has 0 saturated heterocycles. The van der Waals surface area contributed by atoms with Gasteiger partial charge in [0.1, 0.15) is 16.5 Å². The molecular weight excluding hydrogens is 507 g/mol. The number of nitrogens with one attached hydrogen (secondary N) is 2. The minimum Gasteiger partial charge on any atom is -0.404 e. The van der Waals surface area contributed by atoms with Gasteiger partial charge in [-0.3, -0.25) is 0 Å². The highest BCUT2D eigenvalue weighted by molar-refractivity contribution is 7.89. The lowest BCUT2D eigenvalue weighted by Gasteiger charge is -2.16. The molecule has 0 atom stereocenters. The molecule has 3 aromatic carbocycles. The van der Waals surface area contributed by atoms with E-state index in [1.807, 2.05) is 55.4 Å². The first-order valence-electron chi connectivity index (χ1n) is 11.1. The van der Waals surface area contributed by atoms with E-state index in [1.165, 1.54) is 12.1 Å². The van der Waals surface area contributed by atoms with Crippen molar-refractivity contribution >= 4 is 32.7 Å². The second-order valence-electron chi connectivity index (χ2n) is 8.27. The summed E-state index contributed by atoms with van der Waals surface area (Å²) in [6.07, 6.45) is -5.01. The highest BCUT2D eigenvalue weighted by atomic mass is 32.2. The van der Waals surface area contributed by atoms with Crippen LogP contribution < -0.4 is 19.7 Å². The normalized spacial score (nSPS) is 11.9. The Morgan fingerprint density at radius 1 is 0.865 bits per heavy atom. The van der Waals surface area contributed by atoms with Gasteiger partial charge in [0, 0.05) is 32.6 Å². The van der Waals surface area contributed by atoms with E-state index >= 15 is 0 Å². The molecule has 0 spiro atoms. The molecule has 1 heterocycles. The molecule has 12 heteroatoms. The molecule has 0 aliphatic rings. The smallest absolute Gasteiger partial charge is 0.404 e. The van der Waals surface area contributed by atoms with Crippen molar-refractivity contribution in [3.05, 3.63) is 83.9 Å². The van der Waals surface area contributed by atoms with Crippen LogP contribution in [0.5, 0.6) is 5.75 Å². The van der Waals surface area contributed by atoms with E-state index in [0.29, 0.717) is 18.1 Å². The fourth-order valence-electron chi connectivity index (χ4n) is 3.57. The Labute approximate surface area is 212 Å². The minimum absolute atomic E-state index is 0.115. The minimum atomic E-state index is -5.01. The molecule has 0 radical (unpaired) electrons. The second-order valence-corrected chi connectivity index (χ2v) is 10.0. The van der Waals surface area contributed by atoms with E-state index in [2.05, 4.69) is 24.7 Å². The predicted molar refractivity (Wildman–Crippen MR) is 135 cm³/mol. The third kappa shape index (κ3) is 6.66. The third-order valence-corrected chi connectivity index (χ3v) is 6.75. The van der Waals surface area contributed by atoms with Crippen LogP contribution in [0.1, 0.15) is 11.1 Å². The first-order chi connectivity index (χ1) is 17.5. The number of para-hydroxylation sites is 2. The summed E-state index contributed by atoms with van der Waals surface area (Å²) in [7, 11) is -0.435. The van der Waals surface area contributed by atoms with E-state index in [0.717, 1.165) is 34.4 Å². The molecular formula is C25H24F3N5O3S. The fourth-order valence-corrected chi connectivity index (χ4v) is 4.72. The largest absolute Gasteiger partial charge is 0.573 e. The van der Waals surface area contributed by atoms with Crippen LogP contribution in [-0.2, 0) is 23.1 Å². The molecule has 0 aliphatic heterocycles. The average Bonchev–Trinajstić information content (AvgIpc) is 2.85. The highest BCUT2D eigenvalue weighted by Crippen LogP contribution is 2.29. The molecule has 0 unspecified atom stereocenters. The van der Waals surface area contributed by atoms with Gasteiger partial charge in [-0.25, -0.2) is 18.1 Å². The highest BCUT2D eigenvalue weighted by Gasteiger charge is 2.33. The maximum absolute atomic E-state index is 12.6. The van der Waals surface area contributed by atoms with Crippen LogP contribution in [0.3, 0.4) is 0 Å². The van der Waals surface area contributed by atoms with Crippen LogP contribution in [-0.4, -0.2) is 38.8 Å². The number of ether oxygens (including phenoxy) is 1. The van der Waals surface area contributed by atoms with Gasteiger partial charge in [0.2, 0.25) is 16.0 Å². The van der Waals surface area contributed by atoms with Gasteiger partial charge in [0.05, 0.1) is 5.52 Å². The number of rotatable bonds is 9. The van der Waals surface area contributed by atoms with Crippen molar-refractivity contribution in [2.45, 2.75) is 24.3 Å². The summed E-state index contributed by atoms with van der Waals surface area (Å²) < 4.78 is 69.3. The van der Waals surface area contributed by atoms with Crippen molar-refractivity contribution in [2.75, 3.05) is 24.3 Å². The summed E-state index contributed by atoms with van der Waals surface area (Å²) in [6.45, 7) is 0.315. The molecule has 4 rings (SSSR count). The van der Waals surface area contributed by atoms with Crippen LogP contribution in [0, 0.1) is 0 Å². The molecule has 4 aromatic rings. The molecule has 2 N–H and O–H groups in total. The molecule has 0 fully saturated rings. The topological polar surface area (TPSA) is 96.5 Å². The number of fused-ring (bicyclic) bond motifs is 1. The van der Waals surface area contributed by atoms with Gasteiger partial charge in [-0.1, -0.05) is 48.5 Å². The van der Waals surface area contributed by atoms with E-state index in [1.54, 1.807) is 12.1 Å². The predicted octanol–water partition coefficient (Wildman–Crippen LogP) is 4.69. The van der Waals surface area contributed by atoms with E-state index in [4.69, 9.17) is 0 Å². The van der Waals surface area contributed by atoms with Crippen molar-refractivity contribution in [1.29, 1.82) is 0 Å². The van der Waals surface area contributed by atoms with E-state index in [9.17, 15) is 21.6 Å². The molecule has 37 heavy (non-hydrogen) atoms. The van der Waals surface area contributed by atoms with E-state index in [-0.39, 0.29) is 6.54 Å². The Morgan fingerprint density at radius 2 is 1.49 bits per heavy atom. The van der Waals surface area contributed by atoms with Gasteiger partial charge in [0.15, 0.2) is 0 Å². The number of hydrogen-bond donors (Lipinski definition) is 2. The number of hydrogen-bond acceptors (Lipinski definition) is 7. The Balaban J connectivity index is 1.41. The van der Waals surface area contributed by atoms with Crippen LogP contribution >= 0.6 is 0 Å². The molecule has 8 nitrogen and oxygen atoms in total. The van der Waals surface area contributed by atoms with Gasteiger partial charge >= 0.3 is 6.36 Å². The number of nitrogens with zero attached hydrogens (tertiary/aromatic N) is 3. The Bertz CT molecular complexity index is 1490. The van der Waals surface area contributed by atoms with Crippen molar-refractivity contribution < 1.29 is 26.3 Å². The number of benzene rings is 3. The lowest BCUT2D eigenvalue weighted by atomic mass is 10.1. The quantitative estimate of drug-likeness (QED) is 0.324. The van der Waals surface area contributed by atoms with Gasteiger partial charge in [-0.05, 0) is 35.4 Å². The number of sulfonamides is 1. The fraction of sp³-hybridized carbons (Fsp3) is 0.200. The Hall–Kier alpha value is -3.90. The first-order valence-corrected chi connectivity index (χ1v) is 12.6. The van der Waals surface area contributed by atoms with Crippen molar-refractivity contribution in [3.8, 4) is 5.75 Å². The molecule has 0 saturated carbocycles. The molecule has 1 aromatic heterocycles. The number of anilines is 2. The molecule has 0 bridgehead atoms. The maximum atomic E-state index is 12.6. The zero-order valence-electron chi connectivity index (χ0n) is 20.0. The van der Waals surface area contributed by atoms with Gasteiger partial charge < -0.3 is 15.0 Å². The molecule has 194 valence electrons. The lowest BCUT2D eigenvalue weighted by molar-refractivity contribution is -0.275. The molecule has 0 aliphatic carbocycles. The summed E-state index contributed by atoms with van der Waals surface area (Å²) in [5.74, 6) is 0.467. The third-order valence-electron chi connectivity index (χ3n) is 5.31. The van der Waals surface area contributed by atoms with Gasteiger partial charge in [-0.2, -0.15) is 4.98 Å². The van der Waals surface area contributed by atoms with Crippen molar-refractivity contribution in [2.24, 2.45) is 0 Å². The Kier molecular flexibility index (Phi) is 7.50.